The zero-order valence-electron chi connectivity index (χ0n) is 13.4. The Morgan fingerprint density at radius 2 is 1.77 bits per heavy atom. The Morgan fingerprint density at radius 1 is 1.08 bits per heavy atom. The zero-order valence-corrected chi connectivity index (χ0v) is 13.4. The number of carboxylic acid groups (broad SMARTS) is 1. The molecule has 136 valence electrons. The summed E-state index contributed by atoms with van der Waals surface area (Å²) in [5.74, 6) is -0.446. The molecule has 1 saturated carbocycles. The number of alkyl halides is 3. The lowest BCUT2D eigenvalue weighted by Gasteiger charge is -2.10. The molecule has 0 heterocycles. The molecule has 8 heteroatoms. The summed E-state index contributed by atoms with van der Waals surface area (Å²) in [5.41, 5.74) is 0.423. The summed E-state index contributed by atoms with van der Waals surface area (Å²) in [6.45, 7) is 0. The molecule has 3 N–H and O–H groups in total. The number of rotatable bonds is 4. The van der Waals surface area contributed by atoms with E-state index in [2.05, 4.69) is 10.6 Å². The van der Waals surface area contributed by atoms with Gasteiger partial charge in [-0.15, -0.1) is 0 Å². The second-order valence-corrected chi connectivity index (χ2v) is 6.05. The van der Waals surface area contributed by atoms with Crippen LogP contribution >= 0.6 is 0 Å². The van der Waals surface area contributed by atoms with E-state index in [1.165, 1.54) is 12.1 Å². The topological polar surface area (TPSA) is 78.4 Å². The number of benzene rings is 2. The van der Waals surface area contributed by atoms with Crippen molar-refractivity contribution in [2.24, 2.45) is 0 Å². The van der Waals surface area contributed by atoms with Crippen LogP contribution in [0, 0.1) is 0 Å². The highest BCUT2D eigenvalue weighted by Crippen LogP contribution is 2.40. The minimum Gasteiger partial charge on any atom is -0.465 e. The molecule has 2 amide bonds. The Labute approximate surface area is 146 Å². The molecule has 2 atom stereocenters. The fraction of sp³-hybridized carbons (Fsp3) is 0.222. The van der Waals surface area contributed by atoms with Crippen LogP contribution in [0.5, 0.6) is 0 Å². The SMILES string of the molecule is O=C(O)N[C@@H]1C[C@H]1c1ccc(C(=O)Nc2cccc(C(F)(F)F)c2)cc1. The van der Waals surface area contributed by atoms with E-state index in [1.54, 1.807) is 24.3 Å². The van der Waals surface area contributed by atoms with Crippen LogP contribution in [-0.2, 0) is 6.18 Å². The third-order valence-electron chi connectivity index (χ3n) is 4.15. The van der Waals surface area contributed by atoms with Crippen molar-refractivity contribution < 1.29 is 27.9 Å². The van der Waals surface area contributed by atoms with Gasteiger partial charge in [0.25, 0.3) is 5.91 Å². The molecule has 1 aliphatic rings. The van der Waals surface area contributed by atoms with E-state index >= 15 is 0 Å². The average molecular weight is 364 g/mol. The lowest BCUT2D eigenvalue weighted by atomic mass is 10.1. The van der Waals surface area contributed by atoms with Crippen LogP contribution in [0.4, 0.5) is 23.7 Å². The number of halogens is 3. The van der Waals surface area contributed by atoms with Crippen LogP contribution < -0.4 is 10.6 Å². The van der Waals surface area contributed by atoms with Gasteiger partial charge in [0.15, 0.2) is 0 Å². The molecule has 0 radical (unpaired) electrons. The maximum Gasteiger partial charge on any atom is 0.416 e. The van der Waals surface area contributed by atoms with E-state index in [4.69, 9.17) is 5.11 Å². The summed E-state index contributed by atoms with van der Waals surface area (Å²) >= 11 is 0. The first-order valence-corrected chi connectivity index (χ1v) is 7.82. The quantitative estimate of drug-likeness (QED) is 0.765. The highest BCUT2D eigenvalue weighted by atomic mass is 19.4. The number of hydrogen-bond acceptors (Lipinski definition) is 2. The summed E-state index contributed by atoms with van der Waals surface area (Å²) in [7, 11) is 0. The lowest BCUT2D eigenvalue weighted by Crippen LogP contribution is -2.24. The molecule has 5 nitrogen and oxygen atoms in total. The third kappa shape index (κ3) is 4.14. The fourth-order valence-corrected chi connectivity index (χ4v) is 2.74. The Hall–Kier alpha value is -3.03. The minimum absolute atomic E-state index is 0.0572. The maximum atomic E-state index is 12.7. The average Bonchev–Trinajstić information content (AvgIpc) is 3.33. The first-order chi connectivity index (χ1) is 12.2. The molecule has 3 rings (SSSR count). The predicted octanol–water partition coefficient (Wildman–Crippen LogP) is 4.08. The van der Waals surface area contributed by atoms with Gasteiger partial charge in [0, 0.05) is 23.2 Å². The Kier molecular flexibility index (Phi) is 4.58. The van der Waals surface area contributed by atoms with Crippen LogP contribution in [0.3, 0.4) is 0 Å². The van der Waals surface area contributed by atoms with E-state index < -0.39 is 23.7 Å². The molecule has 2 aromatic carbocycles. The largest absolute Gasteiger partial charge is 0.465 e. The monoisotopic (exact) mass is 364 g/mol. The molecular weight excluding hydrogens is 349 g/mol. The number of carbonyl (C=O) groups excluding carboxylic acids is 1. The maximum absolute atomic E-state index is 12.7. The van der Waals surface area contributed by atoms with Gasteiger partial charge in [0.2, 0.25) is 0 Å². The zero-order chi connectivity index (χ0) is 18.9. The molecule has 26 heavy (non-hydrogen) atoms. The van der Waals surface area contributed by atoms with Crippen molar-refractivity contribution in [3.8, 4) is 0 Å². The van der Waals surface area contributed by atoms with Crippen molar-refractivity contribution >= 4 is 17.7 Å². The summed E-state index contributed by atoms with van der Waals surface area (Å²) in [4.78, 5) is 22.8. The van der Waals surface area contributed by atoms with Gasteiger partial charge in [0.1, 0.15) is 0 Å². The molecule has 0 unspecified atom stereocenters. The highest BCUT2D eigenvalue weighted by Gasteiger charge is 2.39. The van der Waals surface area contributed by atoms with Gasteiger partial charge >= 0.3 is 12.3 Å². The van der Waals surface area contributed by atoms with Crippen molar-refractivity contribution in [1.29, 1.82) is 0 Å². The molecule has 2 aromatic rings. The predicted molar refractivity (Wildman–Crippen MR) is 88.1 cm³/mol. The number of anilines is 1. The fourth-order valence-electron chi connectivity index (χ4n) is 2.74. The molecule has 0 spiro atoms. The van der Waals surface area contributed by atoms with E-state index in [0.29, 0.717) is 12.0 Å². The third-order valence-corrected chi connectivity index (χ3v) is 4.15. The standard InChI is InChI=1S/C18H15F3N2O3/c19-18(20,21)12-2-1-3-13(8-12)22-16(24)11-6-4-10(5-7-11)14-9-15(14)23-17(25)26/h1-8,14-15,23H,9H2,(H,22,24)(H,25,26)/t14-,15+/m0/s1. The van der Waals surface area contributed by atoms with Crippen molar-refractivity contribution in [1.82, 2.24) is 5.32 Å². The van der Waals surface area contributed by atoms with Crippen molar-refractivity contribution in [2.45, 2.75) is 24.6 Å². The van der Waals surface area contributed by atoms with Crippen molar-refractivity contribution in [3.05, 3.63) is 65.2 Å². The van der Waals surface area contributed by atoms with Gasteiger partial charge < -0.3 is 15.7 Å². The summed E-state index contributed by atoms with van der Waals surface area (Å²) < 4.78 is 38.1. The van der Waals surface area contributed by atoms with Gasteiger partial charge in [-0.2, -0.15) is 13.2 Å². The highest BCUT2D eigenvalue weighted by molar-refractivity contribution is 6.04. The Bertz CT molecular complexity index is 834. The molecule has 1 fully saturated rings. The number of carbonyl (C=O) groups is 2. The molecule has 0 aromatic heterocycles. The Morgan fingerprint density at radius 3 is 2.38 bits per heavy atom. The van der Waals surface area contributed by atoms with Crippen LogP contribution in [-0.4, -0.2) is 23.1 Å². The van der Waals surface area contributed by atoms with Crippen LogP contribution in [0.2, 0.25) is 0 Å². The second kappa shape index (κ2) is 6.70. The van der Waals surface area contributed by atoms with Gasteiger partial charge in [0.05, 0.1) is 5.56 Å². The van der Waals surface area contributed by atoms with Crippen LogP contribution in [0.15, 0.2) is 48.5 Å². The molecule has 0 bridgehead atoms. The first kappa shape index (κ1) is 17.8. The van der Waals surface area contributed by atoms with Gasteiger partial charge in [-0.1, -0.05) is 18.2 Å². The molecular formula is C18H15F3N2O3. The molecule has 0 aliphatic heterocycles. The van der Waals surface area contributed by atoms with Crippen molar-refractivity contribution in [2.75, 3.05) is 5.32 Å². The summed E-state index contributed by atoms with van der Waals surface area (Å²) in [6, 6.07) is 10.9. The van der Waals surface area contributed by atoms with Crippen molar-refractivity contribution in [3.63, 3.8) is 0 Å². The Balaban J connectivity index is 1.65. The number of hydrogen-bond donors (Lipinski definition) is 3. The smallest absolute Gasteiger partial charge is 0.416 e. The minimum atomic E-state index is -4.48. The first-order valence-electron chi connectivity index (χ1n) is 7.82. The summed E-state index contributed by atoms with van der Waals surface area (Å²) in [6.07, 6.45) is -4.86. The molecule has 0 saturated heterocycles. The van der Waals surface area contributed by atoms with E-state index in [-0.39, 0.29) is 17.6 Å². The van der Waals surface area contributed by atoms with Crippen LogP contribution in [0.1, 0.15) is 33.8 Å². The second-order valence-electron chi connectivity index (χ2n) is 6.05. The normalized spacial score (nSPS) is 18.9. The van der Waals surface area contributed by atoms with E-state index in [9.17, 15) is 22.8 Å². The van der Waals surface area contributed by atoms with E-state index in [1.807, 2.05) is 0 Å². The van der Waals surface area contributed by atoms with Gasteiger partial charge in [-0.25, -0.2) is 4.79 Å². The summed E-state index contributed by atoms with van der Waals surface area (Å²) in [5, 5.41) is 13.5. The van der Waals surface area contributed by atoms with Gasteiger partial charge in [-0.05, 0) is 42.3 Å². The lowest BCUT2D eigenvalue weighted by molar-refractivity contribution is -0.137. The van der Waals surface area contributed by atoms with Crippen LogP contribution in [0.25, 0.3) is 0 Å². The van der Waals surface area contributed by atoms with Gasteiger partial charge in [-0.3, -0.25) is 4.79 Å². The van der Waals surface area contributed by atoms with E-state index in [0.717, 1.165) is 17.7 Å². The molecule has 1 aliphatic carbocycles. The number of nitrogens with one attached hydrogen (secondary N) is 2. The number of amides is 2.